The Balaban J connectivity index is 1.72. The van der Waals surface area contributed by atoms with Gasteiger partial charge in [0.05, 0.1) is 7.11 Å². The van der Waals surface area contributed by atoms with Crippen LogP contribution in [0.15, 0.2) is 38.0 Å². The third-order valence-electron chi connectivity index (χ3n) is 11.8. The zero-order valence-corrected chi connectivity index (χ0v) is 25.7. The SMILES string of the molecule is C=CC(=O)O[C@@H]1CC[C@@]2(C)[C@@H](C1)C[C@@H](OC(=O)C=C)[C@@H]1[C@@H]2C[C@H](OC(=O)C=C)[C@]2(C)C([C@H](C)CCC(=O)OC)CC[C@@H]12. The Kier molecular flexibility index (Phi) is 9.73. The van der Waals surface area contributed by atoms with Gasteiger partial charge in [0.2, 0.25) is 0 Å². The number of fused-ring (bicyclic) bond motifs is 5. The van der Waals surface area contributed by atoms with E-state index in [0.717, 1.165) is 25.7 Å². The number of hydrogen-bond donors (Lipinski definition) is 0. The van der Waals surface area contributed by atoms with Gasteiger partial charge in [-0.1, -0.05) is 40.5 Å². The van der Waals surface area contributed by atoms with E-state index in [0.29, 0.717) is 32.1 Å². The van der Waals surface area contributed by atoms with Crippen LogP contribution in [-0.4, -0.2) is 49.3 Å². The van der Waals surface area contributed by atoms with Crippen LogP contribution in [0.2, 0.25) is 0 Å². The van der Waals surface area contributed by atoms with E-state index >= 15 is 0 Å². The molecule has 232 valence electrons. The molecule has 11 atom stereocenters. The molecule has 4 fully saturated rings. The molecule has 0 aromatic carbocycles. The second kappa shape index (κ2) is 12.8. The molecular weight excluding hydrogens is 536 g/mol. The summed E-state index contributed by atoms with van der Waals surface area (Å²) in [4.78, 5) is 49.4. The average molecular weight is 585 g/mol. The van der Waals surface area contributed by atoms with Crippen molar-refractivity contribution in [3.63, 3.8) is 0 Å². The molecule has 0 N–H and O–H groups in total. The summed E-state index contributed by atoms with van der Waals surface area (Å²) >= 11 is 0. The van der Waals surface area contributed by atoms with Crippen molar-refractivity contribution in [3.8, 4) is 0 Å². The Bertz CT molecular complexity index is 1100. The summed E-state index contributed by atoms with van der Waals surface area (Å²) in [5, 5.41) is 0. The highest BCUT2D eigenvalue weighted by Gasteiger charge is 2.67. The molecule has 0 aromatic heterocycles. The van der Waals surface area contributed by atoms with Gasteiger partial charge in [-0.25, -0.2) is 14.4 Å². The van der Waals surface area contributed by atoms with Crippen LogP contribution in [0.1, 0.15) is 78.6 Å². The maximum atomic E-state index is 12.7. The Morgan fingerprint density at radius 3 is 2.14 bits per heavy atom. The minimum Gasteiger partial charge on any atom is -0.469 e. The summed E-state index contributed by atoms with van der Waals surface area (Å²) in [6.45, 7) is 17.6. The summed E-state index contributed by atoms with van der Waals surface area (Å²) in [6, 6.07) is 0. The van der Waals surface area contributed by atoms with Gasteiger partial charge in [-0.2, -0.15) is 0 Å². The van der Waals surface area contributed by atoms with Gasteiger partial charge < -0.3 is 18.9 Å². The van der Waals surface area contributed by atoms with Crippen molar-refractivity contribution >= 4 is 23.9 Å². The summed E-state index contributed by atoms with van der Waals surface area (Å²) in [5.74, 6) is -0.553. The molecule has 0 spiro atoms. The molecule has 4 aliphatic rings. The fourth-order valence-electron chi connectivity index (χ4n) is 9.71. The third-order valence-corrected chi connectivity index (χ3v) is 11.8. The molecular formula is C34H48O8. The van der Waals surface area contributed by atoms with E-state index in [1.165, 1.54) is 25.3 Å². The van der Waals surface area contributed by atoms with Crippen molar-refractivity contribution in [2.45, 2.75) is 96.9 Å². The molecule has 0 saturated heterocycles. The number of methoxy groups -OCH3 is 1. The molecule has 0 radical (unpaired) electrons. The van der Waals surface area contributed by atoms with E-state index in [4.69, 9.17) is 18.9 Å². The van der Waals surface area contributed by atoms with Crippen LogP contribution in [0.5, 0.6) is 0 Å². The highest BCUT2D eigenvalue weighted by molar-refractivity contribution is 5.82. The van der Waals surface area contributed by atoms with E-state index in [9.17, 15) is 19.2 Å². The Morgan fingerprint density at radius 2 is 1.50 bits per heavy atom. The smallest absolute Gasteiger partial charge is 0.330 e. The van der Waals surface area contributed by atoms with Crippen LogP contribution in [0.25, 0.3) is 0 Å². The fourth-order valence-corrected chi connectivity index (χ4v) is 9.71. The predicted molar refractivity (Wildman–Crippen MR) is 157 cm³/mol. The first-order chi connectivity index (χ1) is 19.9. The first-order valence-electron chi connectivity index (χ1n) is 15.5. The van der Waals surface area contributed by atoms with Gasteiger partial charge in [-0.3, -0.25) is 4.79 Å². The monoisotopic (exact) mass is 584 g/mol. The van der Waals surface area contributed by atoms with Gasteiger partial charge in [-0.05, 0) is 86.4 Å². The largest absolute Gasteiger partial charge is 0.469 e. The van der Waals surface area contributed by atoms with Crippen molar-refractivity contribution in [1.82, 2.24) is 0 Å². The molecule has 0 aromatic rings. The lowest BCUT2D eigenvalue weighted by Gasteiger charge is -2.64. The Labute approximate surface area is 250 Å². The van der Waals surface area contributed by atoms with Crippen LogP contribution >= 0.6 is 0 Å². The van der Waals surface area contributed by atoms with Crippen LogP contribution in [0.3, 0.4) is 0 Å². The highest BCUT2D eigenvalue weighted by atomic mass is 16.6. The minimum atomic E-state index is -0.435. The number of esters is 4. The van der Waals surface area contributed by atoms with E-state index in [1.54, 1.807) is 0 Å². The van der Waals surface area contributed by atoms with Gasteiger partial charge in [0, 0.05) is 36.0 Å². The summed E-state index contributed by atoms with van der Waals surface area (Å²) in [5.41, 5.74) is -0.471. The number of carbonyl (C=O) groups excluding carboxylic acids is 4. The molecule has 0 bridgehead atoms. The number of ether oxygens (including phenoxy) is 4. The molecule has 4 aliphatic carbocycles. The standard InChI is InChI=1S/C34H48O8/c1-8-28(35)40-22-15-16-33(5)21(17-22)18-26(41-29(36)9-2)32-24-13-12-23(20(4)11-14-31(38)39-7)34(24,6)27(19-25(32)33)42-30(37)10-3/h8-10,20-27,32H,1-3,11-19H2,4-7H3/t20-,21+,22-,23?,24+,25+,26-,27+,32+,33+,34-/m1/s1. The van der Waals surface area contributed by atoms with E-state index < -0.39 is 17.9 Å². The summed E-state index contributed by atoms with van der Waals surface area (Å²) in [6.07, 6.45) is 9.31. The average Bonchev–Trinajstić information content (AvgIpc) is 3.34. The number of carbonyl (C=O) groups is 4. The second-order valence-corrected chi connectivity index (χ2v) is 13.5. The molecule has 0 amide bonds. The molecule has 0 aliphatic heterocycles. The van der Waals surface area contributed by atoms with E-state index in [2.05, 4.69) is 40.5 Å². The van der Waals surface area contributed by atoms with Crippen molar-refractivity contribution < 1.29 is 38.1 Å². The molecule has 1 unspecified atom stereocenters. The number of rotatable bonds is 10. The van der Waals surface area contributed by atoms with E-state index in [1.807, 2.05) is 0 Å². The van der Waals surface area contributed by atoms with Gasteiger partial charge in [0.1, 0.15) is 18.3 Å². The molecule has 4 saturated carbocycles. The molecule has 8 heteroatoms. The minimum absolute atomic E-state index is 0.0870. The zero-order valence-electron chi connectivity index (χ0n) is 25.7. The first-order valence-corrected chi connectivity index (χ1v) is 15.5. The maximum Gasteiger partial charge on any atom is 0.330 e. The van der Waals surface area contributed by atoms with Crippen LogP contribution in [0.4, 0.5) is 0 Å². The second-order valence-electron chi connectivity index (χ2n) is 13.5. The molecule has 0 heterocycles. The maximum absolute atomic E-state index is 12.7. The third kappa shape index (κ3) is 5.83. The van der Waals surface area contributed by atoms with Crippen molar-refractivity contribution in [1.29, 1.82) is 0 Å². The van der Waals surface area contributed by atoms with Gasteiger partial charge >= 0.3 is 23.9 Å². The lowest BCUT2D eigenvalue weighted by molar-refractivity contribution is -0.222. The van der Waals surface area contributed by atoms with Gasteiger partial charge in [0.25, 0.3) is 0 Å². The Hall–Kier alpha value is -2.90. The predicted octanol–water partition coefficient (Wildman–Crippen LogP) is 5.75. The van der Waals surface area contributed by atoms with Crippen LogP contribution in [0, 0.1) is 46.3 Å². The lowest BCUT2D eigenvalue weighted by atomic mass is 9.43. The lowest BCUT2D eigenvalue weighted by Crippen LogP contribution is -2.63. The molecule has 8 nitrogen and oxygen atoms in total. The quantitative estimate of drug-likeness (QED) is 0.182. The molecule has 42 heavy (non-hydrogen) atoms. The zero-order chi connectivity index (χ0) is 30.8. The topological polar surface area (TPSA) is 105 Å². The number of hydrogen-bond acceptors (Lipinski definition) is 8. The van der Waals surface area contributed by atoms with Crippen molar-refractivity contribution in [3.05, 3.63) is 38.0 Å². The summed E-state index contributed by atoms with van der Waals surface area (Å²) < 4.78 is 23.0. The van der Waals surface area contributed by atoms with E-state index in [-0.39, 0.29) is 70.6 Å². The normalized spacial score (nSPS) is 39.2. The van der Waals surface area contributed by atoms with Crippen LogP contribution in [-0.2, 0) is 38.1 Å². The molecule has 4 rings (SSSR count). The van der Waals surface area contributed by atoms with Gasteiger partial charge in [-0.15, -0.1) is 0 Å². The fraction of sp³-hybridized carbons (Fsp3) is 0.706. The van der Waals surface area contributed by atoms with Crippen molar-refractivity contribution in [2.75, 3.05) is 7.11 Å². The van der Waals surface area contributed by atoms with Gasteiger partial charge in [0.15, 0.2) is 0 Å². The highest BCUT2D eigenvalue weighted by Crippen LogP contribution is 2.69. The van der Waals surface area contributed by atoms with Crippen LogP contribution < -0.4 is 0 Å². The van der Waals surface area contributed by atoms with Crippen molar-refractivity contribution in [2.24, 2.45) is 46.3 Å². The summed E-state index contributed by atoms with van der Waals surface area (Å²) in [7, 11) is 1.41. The first kappa shape index (κ1) is 32.0. The Morgan fingerprint density at radius 1 is 0.857 bits per heavy atom.